The van der Waals surface area contributed by atoms with Crippen molar-refractivity contribution in [3.05, 3.63) is 0 Å². The van der Waals surface area contributed by atoms with Crippen molar-refractivity contribution in [1.29, 1.82) is 0 Å². The van der Waals surface area contributed by atoms with Gasteiger partial charge in [-0.05, 0) is 12.8 Å². The molecule has 0 rings (SSSR count). The average Bonchev–Trinajstić information content (AvgIpc) is 2.32. The second kappa shape index (κ2) is 9.12. The summed E-state index contributed by atoms with van der Waals surface area (Å²) in [6.07, 6.45) is 6.91. The first-order valence-corrected chi connectivity index (χ1v) is 7.99. The van der Waals surface area contributed by atoms with Gasteiger partial charge in [-0.2, -0.15) is 0 Å². The van der Waals surface area contributed by atoms with Gasteiger partial charge in [0.25, 0.3) is 0 Å². The molecule has 98 valence electrons. The molecule has 0 saturated heterocycles. The van der Waals surface area contributed by atoms with Crippen LogP contribution in [0.3, 0.4) is 0 Å². The fraction of sp³-hybridized carbons (Fsp3) is 1.00. The van der Waals surface area contributed by atoms with E-state index in [0.717, 1.165) is 25.7 Å². The van der Waals surface area contributed by atoms with E-state index in [1.807, 2.05) is 0 Å². The number of hydrogen-bond donors (Lipinski definition) is 1. The molecular weight excluding hydrogens is 222 g/mol. The summed E-state index contributed by atoms with van der Waals surface area (Å²) in [6, 6.07) is 0. The Bertz CT molecular complexity index is 157. The maximum Gasteiger partial charge on any atom is 0.593 e. The van der Waals surface area contributed by atoms with Crippen LogP contribution in [0.25, 0.3) is 0 Å². The lowest BCUT2D eigenvalue weighted by Crippen LogP contribution is -2.55. The predicted molar refractivity (Wildman–Crippen MR) is 67.9 cm³/mol. The van der Waals surface area contributed by atoms with Gasteiger partial charge in [0, 0.05) is 14.2 Å². The highest BCUT2D eigenvalue weighted by Crippen LogP contribution is 2.16. The molecule has 4 nitrogen and oxygen atoms in total. The fourth-order valence-electron chi connectivity index (χ4n) is 1.54. The van der Waals surface area contributed by atoms with Crippen LogP contribution in [0.1, 0.15) is 52.4 Å². The summed E-state index contributed by atoms with van der Waals surface area (Å²) >= 11 is 0. The van der Waals surface area contributed by atoms with E-state index < -0.39 is 8.97 Å². The zero-order valence-corrected chi connectivity index (χ0v) is 12.1. The Balaban J connectivity index is 4.15. The van der Waals surface area contributed by atoms with E-state index in [1.54, 1.807) is 14.2 Å². The maximum atomic E-state index is 5.91. The Labute approximate surface area is 101 Å². The van der Waals surface area contributed by atoms with Gasteiger partial charge in [-0.25, -0.2) is 0 Å². The van der Waals surface area contributed by atoms with E-state index in [4.69, 9.17) is 18.7 Å². The second-order valence-electron chi connectivity index (χ2n) is 4.04. The zero-order valence-electron chi connectivity index (χ0n) is 11.1. The molecule has 0 aromatic heterocycles. The third kappa shape index (κ3) is 6.60. The molecule has 0 heterocycles. The SMILES string of the molecule is CCCCC(CCCC)O[Si](N)(OC)OC. The molecule has 16 heavy (non-hydrogen) atoms. The van der Waals surface area contributed by atoms with E-state index in [-0.39, 0.29) is 6.10 Å². The molecule has 0 radical (unpaired) electrons. The van der Waals surface area contributed by atoms with Crippen molar-refractivity contribution in [3.8, 4) is 0 Å². The molecule has 2 N–H and O–H groups in total. The van der Waals surface area contributed by atoms with Crippen molar-refractivity contribution in [2.75, 3.05) is 14.2 Å². The topological polar surface area (TPSA) is 53.7 Å². The molecule has 5 heteroatoms. The molecule has 0 aromatic rings. The van der Waals surface area contributed by atoms with E-state index in [0.29, 0.717) is 0 Å². The first kappa shape index (κ1) is 16.1. The van der Waals surface area contributed by atoms with Gasteiger partial charge < -0.3 is 13.3 Å². The van der Waals surface area contributed by atoms with Crippen LogP contribution in [0.5, 0.6) is 0 Å². The van der Waals surface area contributed by atoms with Crippen molar-refractivity contribution in [2.45, 2.75) is 58.5 Å². The number of unbranched alkanes of at least 4 members (excludes halogenated alkanes) is 2. The molecule has 0 amide bonds. The molecule has 0 unspecified atom stereocenters. The smallest absolute Gasteiger partial charge is 0.365 e. The fourth-order valence-corrected chi connectivity index (χ4v) is 2.60. The standard InChI is InChI=1S/C11H27NO3Si/c1-5-7-9-11(10-8-6-2)15-16(12,13-3)14-4/h11H,5-10,12H2,1-4H3. The highest BCUT2D eigenvalue weighted by atomic mass is 28.4. The zero-order chi connectivity index (χ0) is 12.4. The minimum absolute atomic E-state index is 0.177. The molecule has 0 aliphatic carbocycles. The molecule has 0 aromatic carbocycles. The Morgan fingerprint density at radius 2 is 1.44 bits per heavy atom. The molecule has 0 spiro atoms. The Kier molecular flexibility index (Phi) is 9.16. The van der Waals surface area contributed by atoms with Gasteiger partial charge in [0.05, 0.1) is 6.10 Å². The Hall–Kier alpha value is 0.0569. The lowest BCUT2D eigenvalue weighted by Gasteiger charge is -2.27. The van der Waals surface area contributed by atoms with Crippen LogP contribution in [0.15, 0.2) is 0 Å². The summed E-state index contributed by atoms with van der Waals surface area (Å²) in [7, 11) is 0.236. The molecule has 0 atom stereocenters. The van der Waals surface area contributed by atoms with Gasteiger partial charge in [-0.1, -0.05) is 39.5 Å². The van der Waals surface area contributed by atoms with Crippen LogP contribution in [0.4, 0.5) is 0 Å². The van der Waals surface area contributed by atoms with Gasteiger partial charge >= 0.3 is 8.97 Å². The van der Waals surface area contributed by atoms with Crippen LogP contribution in [-0.4, -0.2) is 29.3 Å². The molecule has 0 aliphatic rings. The summed E-state index contributed by atoms with van der Waals surface area (Å²) < 4.78 is 16.1. The molecule has 0 aliphatic heterocycles. The number of hydrogen-bond acceptors (Lipinski definition) is 4. The summed E-state index contributed by atoms with van der Waals surface area (Å²) in [6.45, 7) is 4.35. The predicted octanol–water partition coefficient (Wildman–Crippen LogP) is 2.44. The summed E-state index contributed by atoms with van der Waals surface area (Å²) in [5.74, 6) is 0. The second-order valence-corrected chi connectivity index (χ2v) is 6.30. The van der Waals surface area contributed by atoms with Crippen molar-refractivity contribution in [2.24, 2.45) is 5.40 Å². The van der Waals surface area contributed by atoms with Crippen molar-refractivity contribution in [1.82, 2.24) is 0 Å². The molecular formula is C11H27NO3Si. The lowest BCUT2D eigenvalue weighted by atomic mass is 10.1. The Morgan fingerprint density at radius 3 is 1.75 bits per heavy atom. The summed E-state index contributed by atoms with van der Waals surface area (Å²) in [4.78, 5) is 0. The summed E-state index contributed by atoms with van der Waals surface area (Å²) in [5, 5.41) is 5.91. The van der Waals surface area contributed by atoms with Gasteiger partial charge in [0.1, 0.15) is 0 Å². The number of nitrogens with two attached hydrogens (primary N) is 1. The van der Waals surface area contributed by atoms with Gasteiger partial charge in [0.15, 0.2) is 0 Å². The largest absolute Gasteiger partial charge is 0.593 e. The third-order valence-electron chi connectivity index (χ3n) is 2.66. The van der Waals surface area contributed by atoms with E-state index in [1.165, 1.54) is 12.8 Å². The van der Waals surface area contributed by atoms with Gasteiger partial charge in [0.2, 0.25) is 0 Å². The van der Waals surface area contributed by atoms with Crippen LogP contribution < -0.4 is 5.40 Å². The van der Waals surface area contributed by atoms with Crippen LogP contribution in [0.2, 0.25) is 0 Å². The van der Waals surface area contributed by atoms with Crippen molar-refractivity contribution >= 4 is 8.97 Å². The van der Waals surface area contributed by atoms with E-state index in [2.05, 4.69) is 13.8 Å². The van der Waals surface area contributed by atoms with Crippen LogP contribution >= 0.6 is 0 Å². The number of rotatable bonds is 10. The first-order chi connectivity index (χ1) is 7.61. The highest BCUT2D eigenvalue weighted by Gasteiger charge is 2.37. The lowest BCUT2D eigenvalue weighted by molar-refractivity contribution is 0.0459. The van der Waals surface area contributed by atoms with Crippen LogP contribution in [-0.2, 0) is 13.3 Å². The normalized spacial score (nSPS) is 12.4. The molecule has 0 bridgehead atoms. The monoisotopic (exact) mass is 249 g/mol. The summed E-state index contributed by atoms with van der Waals surface area (Å²) in [5.41, 5.74) is 0. The Morgan fingerprint density at radius 1 is 1.00 bits per heavy atom. The van der Waals surface area contributed by atoms with Crippen LogP contribution in [0, 0.1) is 0 Å². The first-order valence-electron chi connectivity index (χ1n) is 6.18. The quantitative estimate of drug-likeness (QED) is 0.604. The minimum atomic E-state index is -2.86. The molecule has 0 fully saturated rings. The van der Waals surface area contributed by atoms with Crippen molar-refractivity contribution < 1.29 is 13.3 Å². The molecule has 0 saturated carbocycles. The minimum Gasteiger partial charge on any atom is -0.365 e. The van der Waals surface area contributed by atoms with E-state index >= 15 is 0 Å². The maximum absolute atomic E-state index is 5.91. The van der Waals surface area contributed by atoms with E-state index in [9.17, 15) is 0 Å². The van der Waals surface area contributed by atoms with Crippen molar-refractivity contribution in [3.63, 3.8) is 0 Å². The van der Waals surface area contributed by atoms with Gasteiger partial charge in [-0.3, -0.25) is 5.40 Å². The average molecular weight is 249 g/mol. The highest BCUT2D eigenvalue weighted by molar-refractivity contribution is 6.56. The van der Waals surface area contributed by atoms with Gasteiger partial charge in [-0.15, -0.1) is 0 Å². The third-order valence-corrected chi connectivity index (χ3v) is 4.46.